The third-order valence-electron chi connectivity index (χ3n) is 10.1. The highest BCUT2D eigenvalue weighted by Crippen LogP contribution is 2.68. The number of hydrogen-bond donors (Lipinski definition) is 3. The van der Waals surface area contributed by atoms with Crippen LogP contribution < -0.4 is 0 Å². The van der Waals surface area contributed by atoms with Gasteiger partial charge in [-0.05, 0) is 63.9 Å². The van der Waals surface area contributed by atoms with Gasteiger partial charge in [0.15, 0.2) is 11.6 Å². The average molecular weight is 505 g/mol. The van der Waals surface area contributed by atoms with Gasteiger partial charge in [0.25, 0.3) is 0 Å². The van der Waals surface area contributed by atoms with Gasteiger partial charge in [0.1, 0.15) is 12.2 Å². The third-order valence-corrected chi connectivity index (χ3v) is 10.1. The number of aliphatic hydroxyl groups is 3. The summed E-state index contributed by atoms with van der Waals surface area (Å²) in [5.74, 6) is -3.92. The van der Waals surface area contributed by atoms with Crippen LogP contribution in [0, 0.1) is 34.5 Å². The lowest BCUT2D eigenvalue weighted by Gasteiger charge is -2.61. The fraction of sp³-hybridized carbons (Fsp3) is 0.704. The second kappa shape index (κ2) is 8.89. The third kappa shape index (κ3) is 3.54. The summed E-state index contributed by atoms with van der Waals surface area (Å²) in [6, 6.07) is 0. The molecule has 4 aliphatic rings. The minimum Gasteiger partial charge on any atom is -0.393 e. The quantitative estimate of drug-likeness (QED) is 0.386. The summed E-state index contributed by atoms with van der Waals surface area (Å²) in [6.45, 7) is 7.52. The van der Waals surface area contributed by atoms with E-state index >= 15 is 0 Å². The van der Waals surface area contributed by atoms with Crippen LogP contribution in [0.25, 0.3) is 0 Å². The number of hydrogen-bond acceptors (Lipinski definition) is 9. The van der Waals surface area contributed by atoms with Crippen LogP contribution in [-0.2, 0) is 29.0 Å². The first kappa shape index (κ1) is 26.7. The normalized spacial score (nSPS) is 40.4. The summed E-state index contributed by atoms with van der Waals surface area (Å²) in [5, 5.41) is 32.5. The summed E-state index contributed by atoms with van der Waals surface area (Å²) in [6.07, 6.45) is 3.02. The van der Waals surface area contributed by atoms with Gasteiger partial charge in [-0.3, -0.25) is 9.59 Å². The second-order valence-electron chi connectivity index (χ2n) is 11.5. The molecular formula is C27H36O9. The van der Waals surface area contributed by atoms with Crippen LogP contribution >= 0.6 is 0 Å². The molecule has 0 aliphatic heterocycles. The van der Waals surface area contributed by atoms with Gasteiger partial charge in [0, 0.05) is 29.2 Å². The second-order valence-corrected chi connectivity index (χ2v) is 11.5. The summed E-state index contributed by atoms with van der Waals surface area (Å²) in [7, 11) is 0. The number of ketones is 2. The fourth-order valence-electron chi connectivity index (χ4n) is 8.20. The van der Waals surface area contributed by atoms with Crippen molar-refractivity contribution in [3.63, 3.8) is 0 Å². The van der Waals surface area contributed by atoms with Crippen LogP contribution in [0.1, 0.15) is 66.7 Å². The molecule has 8 atom stereocenters. The van der Waals surface area contributed by atoms with Crippen LogP contribution in [-0.4, -0.2) is 57.1 Å². The fourth-order valence-corrected chi connectivity index (χ4v) is 8.20. The van der Waals surface area contributed by atoms with Crippen molar-refractivity contribution < 1.29 is 44.3 Å². The Morgan fingerprint density at radius 3 is 2.47 bits per heavy atom. The van der Waals surface area contributed by atoms with E-state index in [2.05, 4.69) is 9.78 Å². The van der Waals surface area contributed by atoms with Crippen LogP contribution in [0.3, 0.4) is 0 Å². The molecule has 0 heterocycles. The topological polar surface area (TPSA) is 147 Å². The van der Waals surface area contributed by atoms with E-state index in [4.69, 9.17) is 0 Å². The van der Waals surface area contributed by atoms with Gasteiger partial charge in [-0.15, -0.1) is 0 Å². The Balaban J connectivity index is 1.74. The van der Waals surface area contributed by atoms with Crippen molar-refractivity contribution in [1.82, 2.24) is 0 Å². The van der Waals surface area contributed by atoms with E-state index in [0.29, 0.717) is 24.8 Å². The molecule has 0 aromatic rings. The SMILES string of the molecule is CC(=O)OOC(=O)C(C)C1=C(C)[C@@]2(C)C(=CC1=O)CC[C@@H]1[C@@H]2[C@@H](O)C[C@@]2(C)[C@H]1CC[C@]2(O)C(=O)CO. The molecule has 0 aromatic heterocycles. The van der Waals surface area contributed by atoms with E-state index in [0.717, 1.165) is 12.5 Å². The van der Waals surface area contributed by atoms with Crippen LogP contribution in [0.15, 0.2) is 22.8 Å². The first-order valence-electron chi connectivity index (χ1n) is 12.6. The molecule has 0 saturated heterocycles. The first-order chi connectivity index (χ1) is 16.7. The summed E-state index contributed by atoms with van der Waals surface area (Å²) in [5.41, 5.74) is -1.45. The summed E-state index contributed by atoms with van der Waals surface area (Å²) < 4.78 is 0. The number of rotatable bonds is 4. The minimum atomic E-state index is -1.69. The van der Waals surface area contributed by atoms with E-state index < -0.39 is 52.8 Å². The van der Waals surface area contributed by atoms with Crippen molar-refractivity contribution >= 4 is 23.5 Å². The number of Topliss-reactive ketones (excluding diaryl/α,β-unsaturated/α-hetero) is 1. The standard InChI is InChI=1S/C27H36O9/c1-13(24(33)36-35-15(3)29)22-14(2)26(5)16(10-19(22)30)6-7-17-18-8-9-27(34,21(32)12-28)25(18,4)11-20(31)23(17)26/h10,13,17-18,20,23,28,31,34H,6-9,11-12H2,1-5H3/t13?,17-,18-,20-,23+,25-,26-,27-/m0/s1. The number of fused-ring (bicyclic) bond motifs is 5. The maximum absolute atomic E-state index is 13.1. The number of aliphatic hydroxyl groups excluding tert-OH is 2. The Bertz CT molecular complexity index is 1070. The number of allylic oxidation sites excluding steroid dienone is 3. The zero-order valence-corrected chi connectivity index (χ0v) is 21.5. The van der Waals surface area contributed by atoms with Crippen molar-refractivity contribution in [2.75, 3.05) is 6.61 Å². The highest BCUT2D eigenvalue weighted by atomic mass is 17.2. The van der Waals surface area contributed by atoms with Crippen molar-refractivity contribution in [1.29, 1.82) is 0 Å². The molecule has 3 fully saturated rings. The van der Waals surface area contributed by atoms with Crippen molar-refractivity contribution in [3.05, 3.63) is 22.8 Å². The Hall–Kier alpha value is -2.36. The Morgan fingerprint density at radius 1 is 1.19 bits per heavy atom. The van der Waals surface area contributed by atoms with Gasteiger partial charge in [0.2, 0.25) is 0 Å². The predicted octanol–water partition coefficient (Wildman–Crippen LogP) is 1.98. The van der Waals surface area contributed by atoms with Crippen molar-refractivity contribution in [3.8, 4) is 0 Å². The molecule has 36 heavy (non-hydrogen) atoms. The lowest BCUT2D eigenvalue weighted by molar-refractivity contribution is -0.259. The molecule has 1 unspecified atom stereocenters. The monoisotopic (exact) mass is 504 g/mol. The molecule has 0 amide bonds. The smallest absolute Gasteiger partial charge is 0.362 e. The van der Waals surface area contributed by atoms with Gasteiger partial charge in [-0.2, -0.15) is 0 Å². The van der Waals surface area contributed by atoms with Crippen LogP contribution in [0.4, 0.5) is 0 Å². The Labute approximate surface area is 210 Å². The molecule has 9 heteroatoms. The average Bonchev–Trinajstić information content (AvgIpc) is 3.08. The summed E-state index contributed by atoms with van der Waals surface area (Å²) >= 11 is 0. The largest absolute Gasteiger partial charge is 0.393 e. The van der Waals surface area contributed by atoms with E-state index in [9.17, 15) is 34.5 Å². The lowest BCUT2D eigenvalue weighted by atomic mass is 9.44. The highest BCUT2D eigenvalue weighted by Gasteiger charge is 2.68. The molecule has 198 valence electrons. The zero-order valence-electron chi connectivity index (χ0n) is 21.5. The van der Waals surface area contributed by atoms with E-state index in [-0.39, 0.29) is 42.0 Å². The van der Waals surface area contributed by atoms with E-state index in [1.807, 2.05) is 13.8 Å². The van der Waals surface area contributed by atoms with Gasteiger partial charge in [-0.1, -0.05) is 25.0 Å². The summed E-state index contributed by atoms with van der Waals surface area (Å²) in [4.78, 5) is 58.4. The maximum Gasteiger partial charge on any atom is 0.362 e. The Kier molecular flexibility index (Phi) is 6.59. The predicted molar refractivity (Wildman–Crippen MR) is 126 cm³/mol. The highest BCUT2D eigenvalue weighted by molar-refractivity contribution is 6.09. The molecule has 0 spiro atoms. The molecule has 4 rings (SSSR count). The van der Waals surface area contributed by atoms with Crippen LogP contribution in [0.2, 0.25) is 0 Å². The molecule has 3 saturated carbocycles. The first-order valence-corrected chi connectivity index (χ1v) is 12.6. The number of carbonyl (C=O) groups is 4. The van der Waals surface area contributed by atoms with Gasteiger partial charge < -0.3 is 15.3 Å². The molecule has 9 nitrogen and oxygen atoms in total. The Morgan fingerprint density at radius 2 is 1.86 bits per heavy atom. The van der Waals surface area contributed by atoms with Gasteiger partial charge in [-0.25, -0.2) is 19.4 Å². The molecular weight excluding hydrogens is 468 g/mol. The molecule has 3 N–H and O–H groups in total. The van der Waals surface area contributed by atoms with Gasteiger partial charge in [0.05, 0.1) is 12.0 Å². The molecule has 4 aliphatic carbocycles. The van der Waals surface area contributed by atoms with Crippen molar-refractivity contribution in [2.45, 2.75) is 78.4 Å². The molecule has 0 radical (unpaired) electrons. The lowest BCUT2D eigenvalue weighted by Crippen LogP contribution is -2.62. The van der Waals surface area contributed by atoms with E-state index in [1.165, 1.54) is 6.92 Å². The van der Waals surface area contributed by atoms with E-state index in [1.54, 1.807) is 13.0 Å². The van der Waals surface area contributed by atoms with Crippen molar-refractivity contribution in [2.24, 2.45) is 34.5 Å². The number of carbonyl (C=O) groups excluding carboxylic acids is 4. The maximum atomic E-state index is 13.1. The zero-order chi connectivity index (χ0) is 26.8. The van der Waals surface area contributed by atoms with Crippen LogP contribution in [0.5, 0.6) is 0 Å². The molecule has 0 aromatic carbocycles. The molecule has 0 bridgehead atoms. The van der Waals surface area contributed by atoms with Gasteiger partial charge >= 0.3 is 11.9 Å². The minimum absolute atomic E-state index is 0.0332.